The number of halogens is 2. The van der Waals surface area contributed by atoms with Gasteiger partial charge in [-0.2, -0.15) is 0 Å². The summed E-state index contributed by atoms with van der Waals surface area (Å²) in [6, 6.07) is 9.03. The van der Waals surface area contributed by atoms with E-state index in [2.05, 4.69) is 21.2 Å². The van der Waals surface area contributed by atoms with Crippen LogP contribution in [0.2, 0.25) is 0 Å². The molecule has 1 saturated heterocycles. The Bertz CT molecular complexity index is 792. The minimum Gasteiger partial charge on any atom is -0.450 e. The Balaban J connectivity index is 1.80. The van der Waals surface area contributed by atoms with Gasteiger partial charge in [-0.15, -0.1) is 0 Å². The van der Waals surface area contributed by atoms with Crippen molar-refractivity contribution in [2.45, 2.75) is 13.5 Å². The van der Waals surface area contributed by atoms with Crippen LogP contribution in [-0.2, 0) is 11.3 Å². The van der Waals surface area contributed by atoms with Crippen LogP contribution in [0.3, 0.4) is 0 Å². The van der Waals surface area contributed by atoms with Crippen molar-refractivity contribution in [1.29, 1.82) is 0 Å². The molecule has 0 atom stereocenters. The van der Waals surface area contributed by atoms with Crippen LogP contribution in [0.25, 0.3) is 6.08 Å². The molecule has 0 radical (unpaired) electrons. The molecule has 118 valence electrons. The lowest BCUT2D eigenvalue weighted by Gasteiger charge is -2.11. The van der Waals surface area contributed by atoms with Crippen LogP contribution in [-0.4, -0.2) is 16.8 Å². The first kappa shape index (κ1) is 16.3. The summed E-state index contributed by atoms with van der Waals surface area (Å²) in [7, 11) is 0. The molecule has 5 nitrogen and oxygen atoms in total. The van der Waals surface area contributed by atoms with Gasteiger partial charge in [-0.05, 0) is 34.5 Å². The monoisotopic (exact) mass is 486 g/mol. The Morgan fingerprint density at radius 2 is 2.00 bits per heavy atom. The maximum Gasteiger partial charge on any atom is 0.329 e. The van der Waals surface area contributed by atoms with E-state index in [9.17, 15) is 9.59 Å². The van der Waals surface area contributed by atoms with E-state index < -0.39 is 6.03 Å². The van der Waals surface area contributed by atoms with Gasteiger partial charge in [0.05, 0.1) is 11.0 Å². The molecular weight excluding hydrogens is 475 g/mol. The van der Waals surface area contributed by atoms with E-state index in [1.807, 2.05) is 53.8 Å². The number of hydrogen-bond acceptors (Lipinski definition) is 3. The lowest BCUT2D eigenvalue weighted by Crippen LogP contribution is -2.30. The SMILES string of the molecule is Cc1ccc(CN2C(=O)N/C(=C\c3cc(Br)c(I)o3)C2=O)cc1. The molecule has 1 aliphatic rings. The first-order valence-corrected chi connectivity index (χ1v) is 8.66. The van der Waals surface area contributed by atoms with E-state index >= 15 is 0 Å². The van der Waals surface area contributed by atoms with Gasteiger partial charge in [0.1, 0.15) is 11.5 Å². The molecule has 0 spiro atoms. The molecule has 23 heavy (non-hydrogen) atoms. The summed E-state index contributed by atoms with van der Waals surface area (Å²) < 4.78 is 6.95. The molecule has 0 aliphatic carbocycles. The minimum absolute atomic E-state index is 0.208. The number of urea groups is 1. The lowest BCUT2D eigenvalue weighted by atomic mass is 10.1. The number of rotatable bonds is 3. The largest absolute Gasteiger partial charge is 0.450 e. The van der Waals surface area contributed by atoms with Crippen molar-refractivity contribution in [2.24, 2.45) is 0 Å². The maximum atomic E-state index is 12.4. The Hall–Kier alpha value is -1.61. The van der Waals surface area contributed by atoms with Crippen molar-refractivity contribution >= 4 is 56.5 Å². The molecule has 1 aromatic heterocycles. The predicted octanol–water partition coefficient (Wildman–Crippen LogP) is 4.05. The zero-order chi connectivity index (χ0) is 16.6. The molecular formula is C16H12BrIN2O3. The first-order chi connectivity index (χ1) is 10.9. The predicted molar refractivity (Wildman–Crippen MR) is 97.4 cm³/mol. The summed E-state index contributed by atoms with van der Waals surface area (Å²) in [5, 5.41) is 2.58. The second kappa shape index (κ2) is 6.48. The summed E-state index contributed by atoms with van der Waals surface area (Å²) in [5.41, 5.74) is 2.24. The highest BCUT2D eigenvalue weighted by atomic mass is 127. The van der Waals surface area contributed by atoms with E-state index in [4.69, 9.17) is 4.42 Å². The smallest absolute Gasteiger partial charge is 0.329 e. The topological polar surface area (TPSA) is 62.6 Å². The lowest BCUT2D eigenvalue weighted by molar-refractivity contribution is -0.123. The molecule has 1 aliphatic heterocycles. The van der Waals surface area contributed by atoms with Crippen molar-refractivity contribution in [3.63, 3.8) is 0 Å². The second-order valence-electron chi connectivity index (χ2n) is 5.14. The third-order valence-corrected chi connectivity index (χ3v) is 5.51. The zero-order valence-corrected chi connectivity index (χ0v) is 15.8. The van der Waals surface area contributed by atoms with E-state index in [0.717, 1.165) is 15.6 Å². The van der Waals surface area contributed by atoms with Crippen LogP contribution in [0.15, 0.2) is 44.9 Å². The number of carbonyl (C=O) groups excluding carboxylic acids is 2. The normalized spacial score (nSPS) is 16.3. The summed E-state index contributed by atoms with van der Waals surface area (Å²) in [4.78, 5) is 25.6. The summed E-state index contributed by atoms with van der Waals surface area (Å²) in [6.45, 7) is 2.23. The number of nitrogens with one attached hydrogen (secondary N) is 1. The summed E-state index contributed by atoms with van der Waals surface area (Å²) >= 11 is 5.38. The zero-order valence-electron chi connectivity index (χ0n) is 12.1. The van der Waals surface area contributed by atoms with E-state index in [-0.39, 0.29) is 18.1 Å². The van der Waals surface area contributed by atoms with Crippen LogP contribution in [0.4, 0.5) is 4.79 Å². The molecule has 7 heteroatoms. The van der Waals surface area contributed by atoms with Crippen LogP contribution < -0.4 is 5.32 Å². The van der Waals surface area contributed by atoms with Gasteiger partial charge >= 0.3 is 6.03 Å². The van der Waals surface area contributed by atoms with Gasteiger partial charge in [-0.25, -0.2) is 4.79 Å². The van der Waals surface area contributed by atoms with Gasteiger partial charge in [0, 0.05) is 28.7 Å². The highest BCUT2D eigenvalue weighted by molar-refractivity contribution is 14.1. The van der Waals surface area contributed by atoms with Gasteiger partial charge in [0.2, 0.25) is 0 Å². The fourth-order valence-corrected chi connectivity index (χ4v) is 2.88. The molecule has 1 aromatic carbocycles. The van der Waals surface area contributed by atoms with E-state index in [0.29, 0.717) is 9.53 Å². The van der Waals surface area contributed by atoms with Gasteiger partial charge in [-0.3, -0.25) is 9.69 Å². The molecule has 2 heterocycles. The fraction of sp³-hybridized carbons (Fsp3) is 0.125. The number of amides is 3. The molecule has 3 rings (SSSR count). The van der Waals surface area contributed by atoms with E-state index in [1.165, 1.54) is 11.0 Å². The standard InChI is InChI=1S/C16H12BrIN2O3/c1-9-2-4-10(5-3-9)8-20-15(21)13(19-16(20)22)7-11-6-12(17)14(18)23-11/h2-7H,8H2,1H3,(H,19,22)/b13-7-. The van der Waals surface area contributed by atoms with Crippen molar-refractivity contribution < 1.29 is 14.0 Å². The Labute approximate surface area is 155 Å². The Kier molecular flexibility index (Phi) is 4.58. The highest BCUT2D eigenvalue weighted by Crippen LogP contribution is 2.25. The molecule has 0 bridgehead atoms. The molecule has 2 aromatic rings. The number of hydrogen-bond donors (Lipinski definition) is 1. The number of nitrogens with zero attached hydrogens (tertiary/aromatic N) is 1. The Morgan fingerprint density at radius 1 is 1.30 bits per heavy atom. The van der Waals surface area contributed by atoms with Crippen molar-refractivity contribution in [2.75, 3.05) is 0 Å². The minimum atomic E-state index is -0.429. The third kappa shape index (κ3) is 3.50. The number of benzene rings is 1. The highest BCUT2D eigenvalue weighted by Gasteiger charge is 2.33. The van der Waals surface area contributed by atoms with Crippen LogP contribution in [0.5, 0.6) is 0 Å². The Morgan fingerprint density at radius 3 is 2.61 bits per heavy atom. The average Bonchev–Trinajstić information content (AvgIpc) is 2.95. The molecule has 3 amide bonds. The van der Waals surface area contributed by atoms with Gasteiger partial charge < -0.3 is 9.73 Å². The molecule has 0 unspecified atom stereocenters. The van der Waals surface area contributed by atoms with Gasteiger partial charge in [0.25, 0.3) is 5.91 Å². The summed E-state index contributed by atoms with van der Waals surface area (Å²) in [5.74, 6) is 0.139. The van der Waals surface area contributed by atoms with Crippen molar-refractivity contribution in [3.05, 3.63) is 61.2 Å². The number of furan rings is 1. The number of aryl methyl sites for hydroxylation is 1. The van der Waals surface area contributed by atoms with Crippen LogP contribution in [0.1, 0.15) is 16.9 Å². The van der Waals surface area contributed by atoms with Crippen LogP contribution in [0, 0.1) is 10.7 Å². The fourth-order valence-electron chi connectivity index (χ4n) is 2.17. The maximum absolute atomic E-state index is 12.4. The van der Waals surface area contributed by atoms with Gasteiger partial charge in [0.15, 0.2) is 3.77 Å². The number of carbonyl (C=O) groups is 2. The second-order valence-corrected chi connectivity index (χ2v) is 6.97. The third-order valence-electron chi connectivity index (χ3n) is 3.37. The molecule has 0 saturated carbocycles. The van der Waals surface area contributed by atoms with Crippen molar-refractivity contribution in [1.82, 2.24) is 10.2 Å². The van der Waals surface area contributed by atoms with Crippen LogP contribution >= 0.6 is 38.5 Å². The molecule has 1 fully saturated rings. The summed E-state index contributed by atoms with van der Waals surface area (Å²) in [6.07, 6.45) is 1.53. The average molecular weight is 487 g/mol. The number of imide groups is 1. The first-order valence-electron chi connectivity index (χ1n) is 6.79. The van der Waals surface area contributed by atoms with Crippen molar-refractivity contribution in [3.8, 4) is 0 Å². The molecule has 1 N–H and O–H groups in total. The van der Waals surface area contributed by atoms with E-state index in [1.54, 1.807) is 6.07 Å². The quantitative estimate of drug-likeness (QED) is 0.404. The van der Waals surface area contributed by atoms with Gasteiger partial charge in [-0.1, -0.05) is 29.8 Å².